The van der Waals surface area contributed by atoms with Gasteiger partial charge in [0.05, 0.1) is 11.9 Å². The van der Waals surface area contributed by atoms with Crippen LogP contribution in [0.4, 0.5) is 0 Å². The predicted molar refractivity (Wildman–Crippen MR) is 28.0 cm³/mol. The molecule has 0 fully saturated rings. The zero-order valence-corrected chi connectivity index (χ0v) is 7.74. The van der Waals surface area contributed by atoms with Gasteiger partial charge in [0.1, 0.15) is 12.2 Å². The average molecular weight is 214 g/mol. The second kappa shape index (κ2) is 7.20. The number of aliphatic hydroxyl groups excluding tert-OH is 2. The first-order valence-electron chi connectivity index (χ1n) is 2.24. The minimum Gasteiger partial charge on any atom is -0.547 e. The van der Waals surface area contributed by atoms with Crippen LogP contribution in [0.15, 0.2) is 0 Å². The Balaban J connectivity index is -0.000000405. The molecule has 68 valence electrons. The average Bonchev–Trinajstić information content (AvgIpc) is 1.84. The van der Waals surface area contributed by atoms with Gasteiger partial charge < -0.3 is 36.2 Å². The molecule has 0 aromatic carbocycles. The molecule has 0 heterocycles. The van der Waals surface area contributed by atoms with E-state index in [0.29, 0.717) is 0 Å². The van der Waals surface area contributed by atoms with Gasteiger partial charge in [-0.05, 0) is 0 Å². The van der Waals surface area contributed by atoms with Crippen molar-refractivity contribution in [3.63, 3.8) is 0 Å². The van der Waals surface area contributed by atoms with Crippen molar-refractivity contribution >= 4 is 11.9 Å². The van der Waals surface area contributed by atoms with Crippen molar-refractivity contribution in [3.8, 4) is 0 Å². The topological polar surface area (TPSA) is 157 Å². The van der Waals surface area contributed by atoms with Crippen LogP contribution < -0.4 is 16.4 Å². The van der Waals surface area contributed by atoms with Crippen molar-refractivity contribution in [2.24, 2.45) is 0 Å². The van der Waals surface area contributed by atoms with Gasteiger partial charge in [0, 0.05) is 0 Å². The Morgan fingerprint density at radius 2 is 1.17 bits per heavy atom. The van der Waals surface area contributed by atoms with Crippen LogP contribution in [-0.2, 0) is 31.3 Å². The summed E-state index contributed by atoms with van der Waals surface area (Å²) < 4.78 is 0. The number of carboxylic acids is 2. The van der Waals surface area contributed by atoms with Crippen LogP contribution in [0.25, 0.3) is 0 Å². The van der Waals surface area contributed by atoms with Crippen LogP contribution in [-0.4, -0.2) is 34.4 Å². The van der Waals surface area contributed by atoms with Crippen molar-refractivity contribution in [3.05, 3.63) is 0 Å². The number of rotatable bonds is 3. The standard InChI is InChI=1S/C4H6O6.H3N.Ti/c5-1(3(7)8)2(6)4(9)10;;/h1-2,5-6H,(H,7,8)(H,9,10);1H3;/q;;+2/p-1. The van der Waals surface area contributed by atoms with E-state index < -0.39 is 24.1 Å². The molecule has 0 amide bonds. The van der Waals surface area contributed by atoms with E-state index in [-0.39, 0.29) is 27.9 Å². The van der Waals surface area contributed by atoms with Crippen molar-refractivity contribution in [1.29, 1.82) is 0 Å². The zero-order valence-electron chi connectivity index (χ0n) is 6.18. The molecule has 0 rings (SSSR count). The van der Waals surface area contributed by atoms with Gasteiger partial charge in [-0.15, -0.1) is 0 Å². The summed E-state index contributed by atoms with van der Waals surface area (Å²) in [6.45, 7) is 0. The maximum atomic E-state index is 9.63. The summed E-state index contributed by atoms with van der Waals surface area (Å²) in [5.74, 6) is -4.12. The summed E-state index contributed by atoms with van der Waals surface area (Å²) in [6.07, 6.45) is -4.88. The van der Waals surface area contributed by atoms with Crippen molar-refractivity contribution in [2.75, 3.05) is 0 Å². The van der Waals surface area contributed by atoms with Gasteiger partial charge in [-0.3, -0.25) is 0 Å². The molecule has 0 aromatic rings. The van der Waals surface area contributed by atoms with Crippen LogP contribution in [0.2, 0.25) is 0 Å². The first-order valence-corrected chi connectivity index (χ1v) is 2.24. The fourth-order valence-electron chi connectivity index (χ4n) is 0.258. The number of carbonyl (C=O) groups excluding carboxylic acids is 2. The Hall–Kier alpha value is -0.466. The van der Waals surface area contributed by atoms with Crippen molar-refractivity contribution < 1.29 is 51.7 Å². The van der Waals surface area contributed by atoms with Gasteiger partial charge in [0.2, 0.25) is 0 Å². The second-order valence-electron chi connectivity index (χ2n) is 1.53. The van der Waals surface area contributed by atoms with Gasteiger partial charge in [0.25, 0.3) is 0 Å². The second-order valence-corrected chi connectivity index (χ2v) is 1.53. The SMILES string of the molecule is O=C([O-])C(O)C(O)C(=O)[O-].[NH4+].[Ti+2]. The molecular weight excluding hydrogens is 206 g/mol. The minimum atomic E-state index is -2.44. The molecule has 8 heteroatoms. The van der Waals surface area contributed by atoms with E-state index in [1.165, 1.54) is 0 Å². The Morgan fingerprint density at radius 3 is 1.25 bits per heavy atom. The maximum Gasteiger partial charge on any atom is 2.00 e. The molecule has 0 radical (unpaired) electrons. The smallest absolute Gasteiger partial charge is 0.547 e. The van der Waals surface area contributed by atoms with Crippen LogP contribution >= 0.6 is 0 Å². The third kappa shape index (κ3) is 5.22. The molecule has 0 aliphatic carbocycles. The van der Waals surface area contributed by atoms with E-state index in [9.17, 15) is 19.8 Å². The molecule has 6 N–H and O–H groups in total. The summed E-state index contributed by atoms with van der Waals surface area (Å²) in [6, 6.07) is 0. The largest absolute Gasteiger partial charge is 2.00 e. The number of carboxylic acid groups (broad SMARTS) is 2. The van der Waals surface area contributed by atoms with Crippen molar-refractivity contribution in [1.82, 2.24) is 6.15 Å². The van der Waals surface area contributed by atoms with Crippen LogP contribution in [0.3, 0.4) is 0 Å². The summed E-state index contributed by atoms with van der Waals surface area (Å²) >= 11 is 0. The fraction of sp³-hybridized carbons (Fsp3) is 0.500. The number of carbonyl (C=O) groups is 2. The zero-order chi connectivity index (χ0) is 8.31. The molecule has 0 saturated heterocycles. The van der Waals surface area contributed by atoms with E-state index in [2.05, 4.69) is 0 Å². The van der Waals surface area contributed by atoms with Gasteiger partial charge in [-0.2, -0.15) is 0 Å². The first kappa shape index (κ1) is 17.6. The van der Waals surface area contributed by atoms with E-state index in [1.807, 2.05) is 0 Å². The summed E-state index contributed by atoms with van der Waals surface area (Å²) in [7, 11) is 0. The molecule has 7 nitrogen and oxygen atoms in total. The van der Waals surface area contributed by atoms with Gasteiger partial charge in [0.15, 0.2) is 0 Å². The monoisotopic (exact) mass is 214 g/mol. The predicted octanol–water partition coefficient (Wildman–Crippen LogP) is -4.42. The molecule has 0 bridgehead atoms. The molecule has 2 atom stereocenters. The molecule has 12 heavy (non-hydrogen) atoms. The summed E-state index contributed by atoms with van der Waals surface area (Å²) in [5.41, 5.74) is 0. The number of aliphatic carboxylic acids is 2. The maximum absolute atomic E-state index is 9.63. The van der Waals surface area contributed by atoms with E-state index in [1.54, 1.807) is 0 Å². The Morgan fingerprint density at radius 1 is 1.00 bits per heavy atom. The number of quaternary nitrogens is 1. The minimum absolute atomic E-state index is 0. The normalized spacial score (nSPS) is 13.2. The molecule has 0 aromatic heterocycles. The van der Waals surface area contributed by atoms with E-state index in [4.69, 9.17) is 10.2 Å². The summed E-state index contributed by atoms with van der Waals surface area (Å²) in [4.78, 5) is 19.3. The van der Waals surface area contributed by atoms with Crippen LogP contribution in [0, 0.1) is 0 Å². The Bertz CT molecular complexity index is 144. The number of hydrogen-bond donors (Lipinski definition) is 3. The molecule has 0 saturated carbocycles. The molecule has 2 unspecified atom stereocenters. The molecule has 0 aliphatic rings. The molecule has 0 aliphatic heterocycles. The Labute approximate surface area is 82.5 Å². The summed E-state index contributed by atoms with van der Waals surface area (Å²) in [5, 5.41) is 35.7. The van der Waals surface area contributed by atoms with Crippen LogP contribution in [0.5, 0.6) is 0 Å². The first-order chi connectivity index (χ1) is 4.46. The van der Waals surface area contributed by atoms with Gasteiger partial charge in [-0.25, -0.2) is 0 Å². The quantitative estimate of drug-likeness (QED) is 0.402. The van der Waals surface area contributed by atoms with Gasteiger partial charge >= 0.3 is 21.7 Å². The van der Waals surface area contributed by atoms with Gasteiger partial charge in [-0.1, -0.05) is 0 Å². The van der Waals surface area contributed by atoms with Crippen molar-refractivity contribution in [2.45, 2.75) is 12.2 Å². The van der Waals surface area contributed by atoms with Crippen LogP contribution in [0.1, 0.15) is 0 Å². The molecule has 0 spiro atoms. The third-order valence-electron chi connectivity index (χ3n) is 0.782. The van der Waals surface area contributed by atoms with E-state index in [0.717, 1.165) is 0 Å². The molecular formula is C4H8NO6Ti+. The fourth-order valence-corrected chi connectivity index (χ4v) is 0.258. The van der Waals surface area contributed by atoms with E-state index >= 15 is 0 Å². The third-order valence-corrected chi connectivity index (χ3v) is 0.782. The Kier molecular flexibility index (Phi) is 10.5. The number of aliphatic hydroxyl groups is 2. The number of hydrogen-bond acceptors (Lipinski definition) is 6.